The lowest BCUT2D eigenvalue weighted by Gasteiger charge is -2.26. The predicted octanol–water partition coefficient (Wildman–Crippen LogP) is 4.60. The van der Waals surface area contributed by atoms with E-state index in [4.69, 9.17) is 4.74 Å². The molecular weight excluding hydrogens is 352 g/mol. The zero-order valence-corrected chi connectivity index (χ0v) is 15.5. The van der Waals surface area contributed by atoms with Crippen LogP contribution in [-0.2, 0) is 9.53 Å². The van der Waals surface area contributed by atoms with Gasteiger partial charge in [0, 0.05) is 5.69 Å². The van der Waals surface area contributed by atoms with Crippen molar-refractivity contribution in [2.45, 2.75) is 26.4 Å². The third-order valence-corrected chi connectivity index (χ3v) is 3.55. The molecule has 0 atom stereocenters. The number of anilines is 1. The number of amides is 1. The average Bonchev–Trinajstić information content (AvgIpc) is 2.58. The molecule has 0 spiro atoms. The van der Waals surface area contributed by atoms with E-state index in [1.54, 1.807) is 51.1 Å². The first-order valence-electron chi connectivity index (χ1n) is 8.32. The number of esters is 1. The standard InChI is InChI=1S/C21H21F2NO3/c1-5-14-8-6-9-15(12-14)24(13-18(25)27-21(2,3)4)20(26)19-16(22)10-7-11-17(19)23/h5-12H,1,13H2,2-4H3. The molecule has 142 valence electrons. The number of ether oxygens (including phenoxy) is 1. The highest BCUT2D eigenvalue weighted by molar-refractivity contribution is 6.08. The highest BCUT2D eigenvalue weighted by atomic mass is 19.1. The molecule has 27 heavy (non-hydrogen) atoms. The van der Waals surface area contributed by atoms with Gasteiger partial charge in [-0.25, -0.2) is 8.78 Å². The molecule has 0 bridgehead atoms. The highest BCUT2D eigenvalue weighted by Gasteiger charge is 2.28. The Hall–Kier alpha value is -3.02. The van der Waals surface area contributed by atoms with E-state index in [0.717, 1.165) is 23.1 Å². The second-order valence-corrected chi connectivity index (χ2v) is 6.87. The van der Waals surface area contributed by atoms with Gasteiger partial charge in [0.1, 0.15) is 29.3 Å². The lowest BCUT2D eigenvalue weighted by molar-refractivity contribution is -0.152. The molecule has 0 aliphatic heterocycles. The molecule has 2 rings (SSSR count). The van der Waals surface area contributed by atoms with Gasteiger partial charge in [0.15, 0.2) is 0 Å². The summed E-state index contributed by atoms with van der Waals surface area (Å²) in [5.74, 6) is -3.68. The SMILES string of the molecule is C=Cc1cccc(N(CC(=O)OC(C)(C)C)C(=O)c2c(F)cccc2F)c1. The molecule has 2 aromatic rings. The van der Waals surface area contributed by atoms with E-state index in [-0.39, 0.29) is 0 Å². The number of hydrogen-bond acceptors (Lipinski definition) is 3. The van der Waals surface area contributed by atoms with Gasteiger partial charge in [-0.15, -0.1) is 0 Å². The minimum absolute atomic E-state index is 0.297. The molecule has 4 nitrogen and oxygen atoms in total. The maximum atomic E-state index is 14.1. The van der Waals surface area contributed by atoms with E-state index in [2.05, 4.69) is 6.58 Å². The van der Waals surface area contributed by atoms with Crippen molar-refractivity contribution in [3.8, 4) is 0 Å². The van der Waals surface area contributed by atoms with Crippen LogP contribution in [0.15, 0.2) is 49.0 Å². The maximum absolute atomic E-state index is 14.1. The zero-order valence-electron chi connectivity index (χ0n) is 15.5. The van der Waals surface area contributed by atoms with Gasteiger partial charge < -0.3 is 4.74 Å². The number of nitrogens with zero attached hydrogens (tertiary/aromatic N) is 1. The van der Waals surface area contributed by atoms with E-state index in [1.165, 1.54) is 0 Å². The molecule has 0 unspecified atom stereocenters. The quantitative estimate of drug-likeness (QED) is 0.720. The van der Waals surface area contributed by atoms with Crippen LogP contribution < -0.4 is 4.90 Å². The molecule has 0 saturated carbocycles. The van der Waals surface area contributed by atoms with Crippen LogP contribution >= 0.6 is 0 Å². The molecule has 0 radical (unpaired) electrons. The van der Waals surface area contributed by atoms with Crippen molar-refractivity contribution in [2.24, 2.45) is 0 Å². The fourth-order valence-electron chi connectivity index (χ4n) is 2.44. The van der Waals surface area contributed by atoms with Crippen molar-refractivity contribution in [3.05, 3.63) is 71.8 Å². The summed E-state index contributed by atoms with van der Waals surface area (Å²) in [4.78, 5) is 26.2. The van der Waals surface area contributed by atoms with Crippen molar-refractivity contribution in [3.63, 3.8) is 0 Å². The highest BCUT2D eigenvalue weighted by Crippen LogP contribution is 2.23. The van der Waals surface area contributed by atoms with E-state index in [9.17, 15) is 18.4 Å². The molecule has 0 aromatic heterocycles. The van der Waals surface area contributed by atoms with E-state index in [1.807, 2.05) is 0 Å². The molecule has 2 aromatic carbocycles. The second-order valence-electron chi connectivity index (χ2n) is 6.87. The normalized spacial score (nSPS) is 11.0. The van der Waals surface area contributed by atoms with Crippen LogP contribution in [0.2, 0.25) is 0 Å². The number of benzene rings is 2. The van der Waals surface area contributed by atoms with Gasteiger partial charge in [0.25, 0.3) is 5.91 Å². The van der Waals surface area contributed by atoms with Crippen LogP contribution in [0.25, 0.3) is 6.08 Å². The third-order valence-electron chi connectivity index (χ3n) is 3.55. The summed E-state index contributed by atoms with van der Waals surface area (Å²) in [6, 6.07) is 9.69. The molecule has 6 heteroatoms. The van der Waals surface area contributed by atoms with Gasteiger partial charge in [0.2, 0.25) is 0 Å². The Balaban J connectivity index is 2.47. The summed E-state index contributed by atoms with van der Waals surface area (Å²) >= 11 is 0. The molecule has 0 aliphatic carbocycles. The Morgan fingerprint density at radius 3 is 2.26 bits per heavy atom. The van der Waals surface area contributed by atoms with E-state index in [0.29, 0.717) is 11.3 Å². The Labute approximate surface area is 157 Å². The Morgan fingerprint density at radius 1 is 1.11 bits per heavy atom. The Kier molecular flexibility index (Phi) is 6.10. The molecule has 0 heterocycles. The topological polar surface area (TPSA) is 46.6 Å². The van der Waals surface area contributed by atoms with Crippen LogP contribution in [0.3, 0.4) is 0 Å². The molecule has 0 saturated heterocycles. The number of carbonyl (C=O) groups excluding carboxylic acids is 2. The Bertz CT molecular complexity index is 852. The molecule has 1 amide bonds. The predicted molar refractivity (Wildman–Crippen MR) is 100 cm³/mol. The summed E-state index contributed by atoms with van der Waals surface area (Å²) in [6.07, 6.45) is 1.56. The van der Waals surface area contributed by atoms with E-state index < -0.39 is 41.2 Å². The summed E-state index contributed by atoms with van der Waals surface area (Å²) in [5, 5.41) is 0. The van der Waals surface area contributed by atoms with Crippen LogP contribution in [0.5, 0.6) is 0 Å². The monoisotopic (exact) mass is 373 g/mol. The first-order valence-corrected chi connectivity index (χ1v) is 8.32. The minimum atomic E-state index is -1.01. The van der Waals surface area contributed by atoms with Gasteiger partial charge in [-0.1, -0.05) is 30.9 Å². The molecular formula is C21H21F2NO3. The minimum Gasteiger partial charge on any atom is -0.459 e. The smallest absolute Gasteiger partial charge is 0.326 e. The number of rotatable bonds is 5. The molecule has 0 N–H and O–H groups in total. The number of hydrogen-bond donors (Lipinski definition) is 0. The first kappa shape index (κ1) is 20.3. The second kappa shape index (κ2) is 8.12. The summed E-state index contributed by atoms with van der Waals surface area (Å²) < 4.78 is 33.5. The van der Waals surface area contributed by atoms with Gasteiger partial charge in [-0.3, -0.25) is 14.5 Å². The summed E-state index contributed by atoms with van der Waals surface area (Å²) in [7, 11) is 0. The number of carbonyl (C=O) groups is 2. The lowest BCUT2D eigenvalue weighted by Crippen LogP contribution is -2.39. The Morgan fingerprint density at radius 2 is 1.70 bits per heavy atom. The van der Waals surface area contributed by atoms with Gasteiger partial charge in [-0.05, 0) is 50.6 Å². The van der Waals surface area contributed by atoms with Gasteiger partial charge in [0.05, 0.1) is 0 Å². The van der Waals surface area contributed by atoms with Crippen LogP contribution in [0.4, 0.5) is 14.5 Å². The lowest BCUT2D eigenvalue weighted by atomic mass is 10.1. The summed E-state index contributed by atoms with van der Waals surface area (Å²) in [6.45, 7) is 8.22. The zero-order chi connectivity index (χ0) is 20.2. The van der Waals surface area contributed by atoms with Crippen molar-refractivity contribution in [1.29, 1.82) is 0 Å². The van der Waals surface area contributed by atoms with Crippen molar-refractivity contribution in [2.75, 3.05) is 11.4 Å². The van der Waals surface area contributed by atoms with Crippen molar-refractivity contribution in [1.82, 2.24) is 0 Å². The first-order chi connectivity index (χ1) is 12.6. The fraction of sp³-hybridized carbons (Fsp3) is 0.238. The fourth-order valence-corrected chi connectivity index (χ4v) is 2.44. The molecule has 0 aliphatic rings. The van der Waals surface area contributed by atoms with E-state index >= 15 is 0 Å². The number of halogens is 2. The summed E-state index contributed by atoms with van der Waals surface area (Å²) in [5.41, 5.74) is -0.516. The largest absolute Gasteiger partial charge is 0.459 e. The van der Waals surface area contributed by atoms with Crippen molar-refractivity contribution >= 4 is 23.6 Å². The van der Waals surface area contributed by atoms with Crippen LogP contribution in [-0.4, -0.2) is 24.0 Å². The average molecular weight is 373 g/mol. The van der Waals surface area contributed by atoms with Crippen LogP contribution in [0.1, 0.15) is 36.7 Å². The maximum Gasteiger partial charge on any atom is 0.326 e. The molecule has 0 fully saturated rings. The van der Waals surface area contributed by atoms with Crippen LogP contribution in [0, 0.1) is 11.6 Å². The third kappa shape index (κ3) is 5.23. The van der Waals surface area contributed by atoms with Crippen molar-refractivity contribution < 1.29 is 23.1 Å². The van der Waals surface area contributed by atoms with Gasteiger partial charge in [-0.2, -0.15) is 0 Å². The van der Waals surface area contributed by atoms with Gasteiger partial charge >= 0.3 is 5.97 Å².